The lowest BCUT2D eigenvalue weighted by molar-refractivity contribution is -0.123. The van der Waals surface area contributed by atoms with Gasteiger partial charge in [0, 0.05) is 16.8 Å². The third-order valence-electron chi connectivity index (χ3n) is 5.06. The minimum absolute atomic E-state index is 0.0811. The Morgan fingerprint density at radius 2 is 1.57 bits per heavy atom. The zero-order chi connectivity index (χ0) is 22.3. The number of benzene rings is 2. The zero-order valence-electron chi connectivity index (χ0n) is 18.9. The predicted octanol–water partition coefficient (Wildman–Crippen LogP) is 5.98. The van der Waals surface area contributed by atoms with Crippen molar-refractivity contribution < 1.29 is 14.3 Å². The van der Waals surface area contributed by atoms with Crippen molar-refractivity contribution in [3.8, 4) is 5.75 Å². The molecule has 2 N–H and O–H groups in total. The molecule has 2 unspecified atom stereocenters. The lowest BCUT2D eigenvalue weighted by Gasteiger charge is -2.21. The van der Waals surface area contributed by atoms with Crippen LogP contribution in [0.15, 0.2) is 48.5 Å². The van der Waals surface area contributed by atoms with Crippen LogP contribution in [0.3, 0.4) is 0 Å². The van der Waals surface area contributed by atoms with Gasteiger partial charge in [0.1, 0.15) is 5.75 Å². The number of hydrogen-bond acceptors (Lipinski definition) is 3. The standard InChI is InChI=1S/C25H34N2O3/c1-7-17(3)20-14-9-10-15-22(20)30-21(8-2)23(28)26-18-12-11-13-19(16-18)27-24(29)25(4,5)6/h9-17,21H,7-8H2,1-6H3,(H,26,28)(H,27,29). The van der Waals surface area contributed by atoms with Crippen molar-refractivity contribution in [3.05, 3.63) is 54.1 Å². The summed E-state index contributed by atoms with van der Waals surface area (Å²) in [4.78, 5) is 25.1. The molecule has 2 aromatic rings. The summed E-state index contributed by atoms with van der Waals surface area (Å²) in [6.45, 7) is 11.8. The molecule has 0 fully saturated rings. The van der Waals surface area contributed by atoms with Crippen LogP contribution in [-0.4, -0.2) is 17.9 Å². The summed E-state index contributed by atoms with van der Waals surface area (Å²) >= 11 is 0. The Morgan fingerprint density at radius 3 is 2.17 bits per heavy atom. The maximum Gasteiger partial charge on any atom is 0.265 e. The molecule has 30 heavy (non-hydrogen) atoms. The van der Waals surface area contributed by atoms with Gasteiger partial charge in [0.15, 0.2) is 6.10 Å². The fourth-order valence-electron chi connectivity index (χ4n) is 2.91. The van der Waals surface area contributed by atoms with E-state index in [9.17, 15) is 9.59 Å². The molecule has 162 valence electrons. The van der Waals surface area contributed by atoms with Crippen LogP contribution >= 0.6 is 0 Å². The minimum Gasteiger partial charge on any atom is -0.480 e. The van der Waals surface area contributed by atoms with E-state index in [1.54, 1.807) is 24.3 Å². The molecule has 2 amide bonds. The molecular formula is C25H34N2O3. The zero-order valence-corrected chi connectivity index (χ0v) is 18.9. The van der Waals surface area contributed by atoms with E-state index in [2.05, 4.69) is 30.5 Å². The van der Waals surface area contributed by atoms with E-state index in [1.165, 1.54) is 0 Å². The molecule has 0 bridgehead atoms. The molecule has 0 saturated carbocycles. The summed E-state index contributed by atoms with van der Waals surface area (Å²) in [5.41, 5.74) is 1.87. The first-order chi connectivity index (χ1) is 14.2. The van der Waals surface area contributed by atoms with Gasteiger partial charge in [0.05, 0.1) is 0 Å². The second-order valence-corrected chi connectivity index (χ2v) is 8.64. The Bertz CT molecular complexity index is 871. The van der Waals surface area contributed by atoms with Gasteiger partial charge in [-0.05, 0) is 48.6 Å². The van der Waals surface area contributed by atoms with Gasteiger partial charge in [0.25, 0.3) is 5.91 Å². The second-order valence-electron chi connectivity index (χ2n) is 8.64. The van der Waals surface area contributed by atoms with Crippen molar-refractivity contribution in [2.45, 2.75) is 66.4 Å². The topological polar surface area (TPSA) is 67.4 Å². The monoisotopic (exact) mass is 410 g/mol. The summed E-state index contributed by atoms with van der Waals surface area (Å²) in [5.74, 6) is 0.808. The van der Waals surface area contributed by atoms with Gasteiger partial charge in [-0.3, -0.25) is 9.59 Å². The normalized spacial score (nSPS) is 13.3. The van der Waals surface area contributed by atoms with Crippen LogP contribution in [0.2, 0.25) is 0 Å². The molecule has 5 heteroatoms. The Kier molecular flexibility index (Phi) is 8.04. The Labute approximate surface area is 180 Å². The largest absolute Gasteiger partial charge is 0.480 e. The van der Waals surface area contributed by atoms with Crippen molar-refractivity contribution in [1.82, 2.24) is 0 Å². The van der Waals surface area contributed by atoms with E-state index < -0.39 is 11.5 Å². The Morgan fingerprint density at radius 1 is 0.933 bits per heavy atom. The van der Waals surface area contributed by atoms with Crippen LogP contribution in [0.25, 0.3) is 0 Å². The highest BCUT2D eigenvalue weighted by molar-refractivity contribution is 5.97. The summed E-state index contributed by atoms with van der Waals surface area (Å²) in [6, 6.07) is 15.0. The fourth-order valence-corrected chi connectivity index (χ4v) is 2.91. The first kappa shape index (κ1) is 23.5. The maximum absolute atomic E-state index is 12.9. The van der Waals surface area contributed by atoms with Crippen molar-refractivity contribution in [3.63, 3.8) is 0 Å². The van der Waals surface area contributed by atoms with Gasteiger partial charge >= 0.3 is 0 Å². The number of para-hydroxylation sites is 1. The van der Waals surface area contributed by atoms with Crippen LogP contribution < -0.4 is 15.4 Å². The molecule has 2 aromatic carbocycles. The quantitative estimate of drug-likeness (QED) is 0.562. The molecule has 0 heterocycles. The van der Waals surface area contributed by atoms with Crippen LogP contribution in [0, 0.1) is 5.41 Å². The highest BCUT2D eigenvalue weighted by atomic mass is 16.5. The first-order valence-electron chi connectivity index (χ1n) is 10.6. The highest BCUT2D eigenvalue weighted by Gasteiger charge is 2.23. The SMILES string of the molecule is CCC(Oc1ccccc1C(C)CC)C(=O)Nc1cccc(NC(=O)C(C)(C)C)c1. The predicted molar refractivity (Wildman–Crippen MR) is 123 cm³/mol. The number of amides is 2. The fraction of sp³-hybridized carbons (Fsp3) is 0.440. The lowest BCUT2D eigenvalue weighted by atomic mass is 9.95. The average molecular weight is 411 g/mol. The van der Waals surface area contributed by atoms with E-state index in [0.717, 1.165) is 17.7 Å². The van der Waals surface area contributed by atoms with Gasteiger partial charge in [0.2, 0.25) is 5.91 Å². The first-order valence-corrected chi connectivity index (χ1v) is 10.6. The molecule has 0 aliphatic carbocycles. The summed E-state index contributed by atoms with van der Waals surface area (Å²) in [5, 5.41) is 5.80. The van der Waals surface area contributed by atoms with Gasteiger partial charge in [-0.2, -0.15) is 0 Å². The molecule has 2 atom stereocenters. The van der Waals surface area contributed by atoms with Gasteiger partial charge in [-0.25, -0.2) is 0 Å². The molecule has 0 aromatic heterocycles. The number of hydrogen-bond donors (Lipinski definition) is 2. The van der Waals surface area contributed by atoms with Crippen molar-refractivity contribution in [2.24, 2.45) is 5.41 Å². The number of anilines is 2. The molecule has 5 nitrogen and oxygen atoms in total. The van der Waals surface area contributed by atoms with Gasteiger partial charge < -0.3 is 15.4 Å². The van der Waals surface area contributed by atoms with E-state index in [0.29, 0.717) is 23.7 Å². The average Bonchev–Trinajstić information content (AvgIpc) is 2.71. The van der Waals surface area contributed by atoms with E-state index in [1.807, 2.05) is 45.9 Å². The minimum atomic E-state index is -0.608. The summed E-state index contributed by atoms with van der Waals surface area (Å²) in [7, 11) is 0. The number of rotatable bonds is 8. The second kappa shape index (κ2) is 10.3. The molecule has 2 rings (SSSR count). The Hall–Kier alpha value is -2.82. The molecule has 0 aliphatic rings. The number of nitrogens with one attached hydrogen (secondary N) is 2. The van der Waals surface area contributed by atoms with Gasteiger partial charge in [-0.1, -0.05) is 65.8 Å². The number of ether oxygens (including phenoxy) is 1. The van der Waals surface area contributed by atoms with Crippen LogP contribution in [0.5, 0.6) is 5.75 Å². The number of carbonyl (C=O) groups excluding carboxylic acids is 2. The van der Waals surface area contributed by atoms with Crippen LogP contribution in [0.4, 0.5) is 11.4 Å². The Balaban J connectivity index is 2.11. The van der Waals surface area contributed by atoms with Crippen molar-refractivity contribution >= 4 is 23.2 Å². The van der Waals surface area contributed by atoms with E-state index >= 15 is 0 Å². The van der Waals surface area contributed by atoms with Crippen LogP contribution in [-0.2, 0) is 9.59 Å². The summed E-state index contributed by atoms with van der Waals surface area (Å²) < 4.78 is 6.11. The smallest absolute Gasteiger partial charge is 0.265 e. The molecule has 0 radical (unpaired) electrons. The van der Waals surface area contributed by atoms with Crippen LogP contribution in [0.1, 0.15) is 65.9 Å². The van der Waals surface area contributed by atoms with E-state index in [4.69, 9.17) is 4.74 Å². The van der Waals surface area contributed by atoms with Crippen molar-refractivity contribution in [2.75, 3.05) is 10.6 Å². The third-order valence-corrected chi connectivity index (χ3v) is 5.06. The lowest BCUT2D eigenvalue weighted by Crippen LogP contribution is -2.32. The maximum atomic E-state index is 12.9. The third kappa shape index (κ3) is 6.34. The van der Waals surface area contributed by atoms with Gasteiger partial charge in [-0.15, -0.1) is 0 Å². The van der Waals surface area contributed by atoms with E-state index in [-0.39, 0.29) is 11.8 Å². The molecule has 0 spiro atoms. The molecule has 0 aliphatic heterocycles. The molecular weight excluding hydrogens is 376 g/mol. The summed E-state index contributed by atoms with van der Waals surface area (Å²) in [6.07, 6.45) is 0.931. The van der Waals surface area contributed by atoms with Crippen molar-refractivity contribution in [1.29, 1.82) is 0 Å². The highest BCUT2D eigenvalue weighted by Crippen LogP contribution is 2.29. The number of carbonyl (C=O) groups is 2. The molecule has 0 saturated heterocycles.